The molecule has 0 aliphatic heterocycles. The van der Waals surface area contributed by atoms with Crippen LogP contribution in [0, 0.1) is 5.82 Å². The van der Waals surface area contributed by atoms with Crippen LogP contribution in [0.25, 0.3) is 0 Å². The van der Waals surface area contributed by atoms with Crippen LogP contribution in [0.2, 0.25) is 0 Å². The van der Waals surface area contributed by atoms with E-state index in [9.17, 15) is 14.3 Å². The molecule has 0 saturated heterocycles. The lowest BCUT2D eigenvalue weighted by atomic mass is 10.00. The summed E-state index contributed by atoms with van der Waals surface area (Å²) in [6, 6.07) is 0.682. The molecule has 0 amide bonds. The molecule has 1 atom stereocenters. The molecule has 1 aromatic carbocycles. The number of carbonyl (C=O) groups is 1. The van der Waals surface area contributed by atoms with Gasteiger partial charge in [-0.2, -0.15) is 0 Å². The monoisotopic (exact) mass is 215 g/mol. The van der Waals surface area contributed by atoms with Gasteiger partial charge in [0.05, 0.1) is 18.2 Å². The quantitative estimate of drug-likeness (QED) is 0.577. The lowest BCUT2D eigenvalue weighted by molar-refractivity contribution is 0.0694. The third kappa shape index (κ3) is 2.05. The topological polar surface area (TPSA) is 104 Å². The number of aromatic hydroxyl groups is 1. The summed E-state index contributed by atoms with van der Waals surface area (Å²) in [5.74, 6) is -3.15. The van der Waals surface area contributed by atoms with Gasteiger partial charge in [-0.1, -0.05) is 0 Å². The molecule has 0 unspecified atom stereocenters. The van der Waals surface area contributed by atoms with Crippen LogP contribution in [0.4, 0.5) is 4.39 Å². The largest absolute Gasteiger partial charge is 0.505 e. The summed E-state index contributed by atoms with van der Waals surface area (Å²) in [6.07, 6.45) is 0. The van der Waals surface area contributed by atoms with Gasteiger partial charge in [0.1, 0.15) is 0 Å². The van der Waals surface area contributed by atoms with E-state index in [-0.39, 0.29) is 11.1 Å². The number of nitrogens with two attached hydrogens (primary N) is 1. The second kappa shape index (κ2) is 4.24. The number of phenolic OH excluding ortho intramolecular Hbond substituents is 1. The van der Waals surface area contributed by atoms with E-state index >= 15 is 0 Å². The Morgan fingerprint density at radius 1 is 1.53 bits per heavy atom. The van der Waals surface area contributed by atoms with Crippen molar-refractivity contribution in [2.24, 2.45) is 5.73 Å². The lowest BCUT2D eigenvalue weighted by Gasteiger charge is -2.14. The number of hydrogen-bond acceptors (Lipinski definition) is 4. The minimum atomic E-state index is -1.34. The van der Waals surface area contributed by atoms with Crippen LogP contribution in [0.5, 0.6) is 5.75 Å². The first kappa shape index (κ1) is 11.4. The van der Waals surface area contributed by atoms with E-state index in [1.807, 2.05) is 0 Å². The molecule has 1 rings (SSSR count). The maximum atomic E-state index is 12.9. The average Bonchev–Trinajstić information content (AvgIpc) is 2.20. The van der Waals surface area contributed by atoms with Crippen molar-refractivity contribution in [1.29, 1.82) is 0 Å². The van der Waals surface area contributed by atoms with Crippen LogP contribution in [0.15, 0.2) is 12.1 Å². The minimum Gasteiger partial charge on any atom is -0.505 e. The van der Waals surface area contributed by atoms with Crippen LogP contribution in [-0.4, -0.2) is 27.9 Å². The zero-order valence-electron chi connectivity index (χ0n) is 7.64. The predicted octanol–water partition coefficient (Wildman–Crippen LogP) is 0.222. The molecule has 0 aliphatic carbocycles. The number of carboxylic acid groups (broad SMARTS) is 1. The number of aliphatic hydroxyl groups is 1. The van der Waals surface area contributed by atoms with E-state index in [1.54, 1.807) is 0 Å². The Morgan fingerprint density at radius 2 is 2.13 bits per heavy atom. The van der Waals surface area contributed by atoms with E-state index < -0.39 is 30.2 Å². The van der Waals surface area contributed by atoms with Gasteiger partial charge in [0.15, 0.2) is 11.6 Å². The first-order chi connectivity index (χ1) is 6.99. The summed E-state index contributed by atoms with van der Waals surface area (Å²) in [5.41, 5.74) is 4.74. The number of benzene rings is 1. The smallest absolute Gasteiger partial charge is 0.336 e. The molecule has 5 nitrogen and oxygen atoms in total. The van der Waals surface area contributed by atoms with Gasteiger partial charge in [-0.25, -0.2) is 9.18 Å². The summed E-state index contributed by atoms with van der Waals surface area (Å²) in [7, 11) is 0. The zero-order valence-corrected chi connectivity index (χ0v) is 7.64. The number of rotatable bonds is 3. The Bertz CT molecular complexity index is 394. The fourth-order valence-corrected chi connectivity index (χ4v) is 1.23. The molecule has 0 fully saturated rings. The summed E-state index contributed by atoms with van der Waals surface area (Å²) in [6.45, 7) is -0.586. The second-order valence-electron chi connectivity index (χ2n) is 2.95. The van der Waals surface area contributed by atoms with Gasteiger partial charge < -0.3 is 21.1 Å². The van der Waals surface area contributed by atoms with Crippen molar-refractivity contribution in [2.45, 2.75) is 6.04 Å². The molecular formula is C9H10FNO4. The van der Waals surface area contributed by atoms with Crippen LogP contribution >= 0.6 is 0 Å². The molecule has 1 aromatic rings. The molecule has 6 heteroatoms. The van der Waals surface area contributed by atoms with Gasteiger partial charge in [0, 0.05) is 5.56 Å². The van der Waals surface area contributed by atoms with E-state index in [2.05, 4.69) is 0 Å². The highest BCUT2D eigenvalue weighted by atomic mass is 19.1. The summed E-state index contributed by atoms with van der Waals surface area (Å²) in [5, 5.41) is 26.8. The molecule has 82 valence electrons. The number of hydrogen-bond donors (Lipinski definition) is 4. The molecule has 0 bridgehead atoms. The molecule has 0 aliphatic rings. The van der Waals surface area contributed by atoms with Gasteiger partial charge in [-0.05, 0) is 12.1 Å². The fraction of sp³-hybridized carbons (Fsp3) is 0.222. The Morgan fingerprint density at radius 3 is 2.60 bits per heavy atom. The van der Waals surface area contributed by atoms with E-state index in [0.29, 0.717) is 0 Å². The lowest BCUT2D eigenvalue weighted by Crippen LogP contribution is -2.19. The maximum absolute atomic E-state index is 12.9. The standard InChI is InChI=1S/C9H10FNO4/c10-5-2-1-4(9(14)15)7(8(5)13)6(11)3-12/h1-2,6,12-13H,3,11H2,(H,14,15)/t6-/m0/s1. The number of aliphatic hydroxyl groups excluding tert-OH is 1. The first-order valence-corrected chi connectivity index (χ1v) is 4.10. The summed E-state index contributed by atoms with van der Waals surface area (Å²) in [4.78, 5) is 10.7. The highest BCUT2D eigenvalue weighted by Gasteiger charge is 2.21. The molecular weight excluding hydrogens is 205 g/mol. The molecule has 15 heavy (non-hydrogen) atoms. The van der Waals surface area contributed by atoms with E-state index in [0.717, 1.165) is 12.1 Å². The SMILES string of the molecule is N[C@@H](CO)c1c(C(=O)O)ccc(F)c1O. The summed E-state index contributed by atoms with van der Waals surface area (Å²) < 4.78 is 12.9. The van der Waals surface area contributed by atoms with Gasteiger partial charge >= 0.3 is 5.97 Å². The third-order valence-corrected chi connectivity index (χ3v) is 1.97. The van der Waals surface area contributed by atoms with Crippen molar-refractivity contribution < 1.29 is 24.5 Å². The van der Waals surface area contributed by atoms with Crippen molar-refractivity contribution in [3.63, 3.8) is 0 Å². The maximum Gasteiger partial charge on any atom is 0.336 e. The predicted molar refractivity (Wildman–Crippen MR) is 49.0 cm³/mol. The Labute approximate surface area is 84.6 Å². The zero-order chi connectivity index (χ0) is 11.6. The molecule has 5 N–H and O–H groups in total. The number of aromatic carboxylic acids is 1. The van der Waals surface area contributed by atoms with Crippen molar-refractivity contribution in [3.05, 3.63) is 29.1 Å². The molecule has 0 aromatic heterocycles. The Hall–Kier alpha value is -1.66. The summed E-state index contributed by atoms with van der Waals surface area (Å²) >= 11 is 0. The average molecular weight is 215 g/mol. The van der Waals surface area contributed by atoms with Gasteiger partial charge in [0.25, 0.3) is 0 Å². The number of phenols is 1. The fourth-order valence-electron chi connectivity index (χ4n) is 1.23. The van der Waals surface area contributed by atoms with Crippen LogP contribution in [0.3, 0.4) is 0 Å². The van der Waals surface area contributed by atoms with Gasteiger partial charge in [-0.3, -0.25) is 0 Å². The second-order valence-corrected chi connectivity index (χ2v) is 2.95. The normalized spacial score (nSPS) is 12.5. The highest BCUT2D eigenvalue weighted by molar-refractivity contribution is 5.90. The van der Waals surface area contributed by atoms with Crippen molar-refractivity contribution in [3.8, 4) is 5.75 Å². The number of halogens is 1. The van der Waals surface area contributed by atoms with Gasteiger partial charge in [0.2, 0.25) is 0 Å². The van der Waals surface area contributed by atoms with Crippen molar-refractivity contribution >= 4 is 5.97 Å². The van der Waals surface area contributed by atoms with Crippen LogP contribution in [0.1, 0.15) is 22.0 Å². The van der Waals surface area contributed by atoms with Crippen LogP contribution < -0.4 is 5.73 Å². The minimum absolute atomic E-state index is 0.301. The molecule has 0 heterocycles. The first-order valence-electron chi connectivity index (χ1n) is 4.10. The molecule has 0 saturated carbocycles. The molecule has 0 radical (unpaired) electrons. The van der Waals surface area contributed by atoms with E-state index in [4.69, 9.17) is 15.9 Å². The molecule has 0 spiro atoms. The number of carboxylic acids is 1. The van der Waals surface area contributed by atoms with Crippen molar-refractivity contribution in [1.82, 2.24) is 0 Å². The van der Waals surface area contributed by atoms with Gasteiger partial charge in [-0.15, -0.1) is 0 Å². The van der Waals surface area contributed by atoms with E-state index in [1.165, 1.54) is 0 Å². The van der Waals surface area contributed by atoms with Crippen LogP contribution in [-0.2, 0) is 0 Å². The highest BCUT2D eigenvalue weighted by Crippen LogP contribution is 2.29. The third-order valence-electron chi connectivity index (χ3n) is 1.97. The Balaban J connectivity index is 3.41. The Kier molecular flexibility index (Phi) is 3.23. The van der Waals surface area contributed by atoms with Crippen molar-refractivity contribution in [2.75, 3.05) is 6.61 Å².